The number of carbonyl (C=O) groups excluding carboxylic acids is 1. The third kappa shape index (κ3) is 1.33. The minimum atomic E-state index is 0.245. The molecule has 4 unspecified atom stereocenters. The molecule has 3 nitrogen and oxygen atoms in total. The highest BCUT2D eigenvalue weighted by Crippen LogP contribution is 2.51. The molecule has 4 atom stereocenters. The Morgan fingerprint density at radius 3 is 3.12 bits per heavy atom. The highest BCUT2D eigenvalue weighted by Gasteiger charge is 2.61. The summed E-state index contributed by atoms with van der Waals surface area (Å²) in [5.41, 5.74) is 3.04. The molecule has 1 aliphatic heterocycles. The van der Waals surface area contributed by atoms with E-state index in [1.54, 1.807) is 11.3 Å². The molecular formula is C13H15N2OS+. The van der Waals surface area contributed by atoms with Crippen LogP contribution in [0.1, 0.15) is 24.1 Å². The van der Waals surface area contributed by atoms with Gasteiger partial charge >= 0.3 is 0 Å². The summed E-state index contributed by atoms with van der Waals surface area (Å²) in [5.74, 6) is 1.87. The topological polar surface area (TPSA) is 32.1 Å². The molecule has 0 radical (unpaired) electrons. The van der Waals surface area contributed by atoms with Gasteiger partial charge in [-0.1, -0.05) is 6.07 Å². The van der Waals surface area contributed by atoms with Crippen molar-refractivity contribution in [2.75, 3.05) is 0 Å². The van der Waals surface area contributed by atoms with Crippen LogP contribution in [0, 0.1) is 17.8 Å². The van der Waals surface area contributed by atoms with Gasteiger partial charge in [-0.3, -0.25) is 4.79 Å². The van der Waals surface area contributed by atoms with Crippen molar-refractivity contribution < 1.29 is 9.48 Å². The fraction of sp³-hybridized carbons (Fsp3) is 0.538. The van der Waals surface area contributed by atoms with E-state index in [9.17, 15) is 4.79 Å². The Bertz CT molecular complexity index is 494. The summed E-state index contributed by atoms with van der Waals surface area (Å²) in [5, 5.41) is 2.07. The van der Waals surface area contributed by atoms with E-state index in [0.29, 0.717) is 12.0 Å². The molecule has 17 heavy (non-hydrogen) atoms. The molecule has 0 spiro atoms. The van der Waals surface area contributed by atoms with Crippen LogP contribution in [0.3, 0.4) is 0 Å². The summed E-state index contributed by atoms with van der Waals surface area (Å²) in [7, 11) is 0. The Kier molecular flexibility index (Phi) is 1.98. The predicted molar refractivity (Wildman–Crippen MR) is 66.0 cm³/mol. The Morgan fingerprint density at radius 1 is 1.41 bits per heavy atom. The van der Waals surface area contributed by atoms with Gasteiger partial charge in [-0.15, -0.1) is 21.4 Å². The van der Waals surface area contributed by atoms with Crippen molar-refractivity contribution in [2.24, 2.45) is 17.8 Å². The number of hydrogen-bond donors (Lipinski definition) is 1. The van der Waals surface area contributed by atoms with Crippen LogP contribution in [-0.2, 0) is 4.79 Å². The van der Waals surface area contributed by atoms with Gasteiger partial charge in [0.1, 0.15) is 5.92 Å². The zero-order chi connectivity index (χ0) is 11.4. The summed E-state index contributed by atoms with van der Waals surface area (Å²) in [6.45, 7) is 0. The lowest BCUT2D eigenvalue weighted by Gasteiger charge is -2.16. The minimum Gasteiger partial charge on any atom is -0.269 e. The smallest absolute Gasteiger partial charge is 0.269 e. The van der Waals surface area contributed by atoms with E-state index in [2.05, 4.69) is 27.8 Å². The molecule has 1 amide bonds. The zero-order valence-corrected chi connectivity index (χ0v) is 10.3. The number of fused-ring (bicyclic) bond motifs is 5. The van der Waals surface area contributed by atoms with Gasteiger partial charge in [0.05, 0.1) is 4.88 Å². The number of thiophene rings is 1. The average Bonchev–Trinajstić information content (AvgIpc) is 3.04. The Balaban J connectivity index is 1.72. The summed E-state index contributed by atoms with van der Waals surface area (Å²) in [6.07, 6.45) is 5.92. The number of hydrazine groups is 1. The second kappa shape index (κ2) is 3.42. The molecule has 0 aromatic carbocycles. The third-order valence-corrected chi connectivity index (χ3v) is 5.35. The second-order valence-corrected chi connectivity index (χ2v) is 6.36. The first-order valence-electron chi connectivity index (χ1n) is 6.30. The van der Waals surface area contributed by atoms with Gasteiger partial charge in [0, 0.05) is 5.92 Å². The summed E-state index contributed by atoms with van der Waals surface area (Å²) >= 11 is 1.72. The van der Waals surface area contributed by atoms with Gasteiger partial charge in [0.15, 0.2) is 6.04 Å². The maximum absolute atomic E-state index is 12.0. The van der Waals surface area contributed by atoms with Crippen LogP contribution >= 0.6 is 11.3 Å². The van der Waals surface area contributed by atoms with Crippen molar-refractivity contribution >= 4 is 23.5 Å². The van der Waals surface area contributed by atoms with Crippen LogP contribution < -0.4 is 5.43 Å². The van der Waals surface area contributed by atoms with Crippen molar-refractivity contribution in [3.63, 3.8) is 0 Å². The molecule has 4 rings (SSSR count). The van der Waals surface area contributed by atoms with E-state index in [1.807, 2.05) is 6.07 Å². The van der Waals surface area contributed by atoms with Gasteiger partial charge in [-0.2, -0.15) is 0 Å². The van der Waals surface area contributed by atoms with E-state index in [1.165, 1.54) is 24.1 Å². The van der Waals surface area contributed by atoms with Crippen molar-refractivity contribution in [3.8, 4) is 0 Å². The van der Waals surface area contributed by atoms with Gasteiger partial charge < -0.3 is 0 Å². The largest absolute Gasteiger partial charge is 0.284 e. The van der Waals surface area contributed by atoms with Gasteiger partial charge in [-0.25, -0.2) is 0 Å². The normalized spacial score (nSPS) is 40.9. The van der Waals surface area contributed by atoms with Crippen molar-refractivity contribution in [1.82, 2.24) is 5.43 Å². The van der Waals surface area contributed by atoms with E-state index in [4.69, 9.17) is 0 Å². The summed E-state index contributed by atoms with van der Waals surface area (Å²) < 4.78 is 2.09. The fourth-order valence-corrected chi connectivity index (χ4v) is 4.57. The van der Waals surface area contributed by atoms with E-state index in [0.717, 1.165) is 5.92 Å². The standard InChI is InChI=1S/C13H14N2OS/c16-13-11-8-3-4-9(6-8)12(11)15(14-13)7-10-2-1-5-17-10/h1-2,5,7-9,11-12H,3-4,6H2/p+1. The fourth-order valence-electron chi connectivity index (χ4n) is 3.93. The second-order valence-electron chi connectivity index (χ2n) is 5.38. The van der Waals surface area contributed by atoms with Crippen LogP contribution in [0.2, 0.25) is 0 Å². The van der Waals surface area contributed by atoms with Crippen LogP contribution in [0.15, 0.2) is 17.5 Å². The number of nitrogens with one attached hydrogen (secondary N) is 1. The van der Waals surface area contributed by atoms with Crippen molar-refractivity contribution in [3.05, 3.63) is 22.4 Å². The van der Waals surface area contributed by atoms with Crippen LogP contribution in [-0.4, -0.2) is 22.8 Å². The quantitative estimate of drug-likeness (QED) is 0.752. The van der Waals surface area contributed by atoms with Gasteiger partial charge in [0.25, 0.3) is 5.91 Å². The van der Waals surface area contributed by atoms with Gasteiger partial charge in [-0.05, 0) is 36.6 Å². The minimum absolute atomic E-state index is 0.245. The number of amides is 1. The van der Waals surface area contributed by atoms with Crippen LogP contribution in [0.25, 0.3) is 0 Å². The molecule has 2 heterocycles. The molecule has 2 saturated carbocycles. The Morgan fingerprint density at radius 2 is 2.29 bits per heavy atom. The lowest BCUT2D eigenvalue weighted by molar-refractivity contribution is -0.598. The van der Waals surface area contributed by atoms with E-state index in [-0.39, 0.29) is 11.8 Å². The van der Waals surface area contributed by atoms with Gasteiger partial charge in [0.2, 0.25) is 6.21 Å². The first-order valence-corrected chi connectivity index (χ1v) is 7.18. The molecule has 3 fully saturated rings. The number of carbonyl (C=O) groups is 1. The van der Waals surface area contributed by atoms with E-state index >= 15 is 0 Å². The molecule has 3 aliphatic rings. The SMILES string of the molecule is O=C1N[N+](=Cc2cccs2)C2C3CCC(C3)C12. The lowest BCUT2D eigenvalue weighted by Crippen LogP contribution is -2.34. The molecule has 1 aromatic heterocycles. The predicted octanol–water partition coefficient (Wildman–Crippen LogP) is 1.64. The first kappa shape index (κ1) is 9.83. The molecule has 88 valence electrons. The number of hydrogen-bond acceptors (Lipinski definition) is 2. The molecule has 1 aromatic rings. The molecule has 2 bridgehead atoms. The van der Waals surface area contributed by atoms with E-state index < -0.39 is 0 Å². The number of nitrogens with zero attached hydrogens (tertiary/aromatic N) is 1. The van der Waals surface area contributed by atoms with Crippen LogP contribution in [0.4, 0.5) is 0 Å². The average molecular weight is 247 g/mol. The van der Waals surface area contributed by atoms with Crippen molar-refractivity contribution in [2.45, 2.75) is 25.3 Å². The first-order chi connectivity index (χ1) is 8.33. The monoisotopic (exact) mass is 247 g/mol. The molecular weight excluding hydrogens is 232 g/mol. The Hall–Kier alpha value is -1.16. The van der Waals surface area contributed by atoms with Crippen LogP contribution in [0.5, 0.6) is 0 Å². The Labute approximate surface area is 104 Å². The highest BCUT2D eigenvalue weighted by molar-refractivity contribution is 7.11. The lowest BCUT2D eigenvalue weighted by atomic mass is 9.85. The number of rotatable bonds is 1. The summed E-state index contributed by atoms with van der Waals surface area (Å²) in [4.78, 5) is 13.2. The zero-order valence-electron chi connectivity index (χ0n) is 9.50. The van der Waals surface area contributed by atoms with Crippen molar-refractivity contribution in [1.29, 1.82) is 0 Å². The molecule has 4 heteroatoms. The molecule has 1 saturated heterocycles. The maximum atomic E-state index is 12.0. The maximum Gasteiger partial charge on any atom is 0.284 e. The third-order valence-electron chi connectivity index (χ3n) is 4.55. The number of hydrazone groups is 1. The molecule has 1 N–H and O–H groups in total. The molecule has 2 aliphatic carbocycles. The summed E-state index contributed by atoms with van der Waals surface area (Å²) in [6, 6.07) is 4.56. The highest BCUT2D eigenvalue weighted by atomic mass is 32.1.